The lowest BCUT2D eigenvalue weighted by atomic mass is 9.67. The highest BCUT2D eigenvalue weighted by molar-refractivity contribution is 6.10. The van der Waals surface area contributed by atoms with Crippen LogP contribution in [0.4, 0.5) is 17.1 Å². The summed E-state index contributed by atoms with van der Waals surface area (Å²) in [5.41, 5.74) is 16.4. The fourth-order valence-corrected chi connectivity index (χ4v) is 10.2. The predicted octanol–water partition coefficient (Wildman–Crippen LogP) is 15.4. The second-order valence-electron chi connectivity index (χ2n) is 16.1. The molecule has 1 aliphatic carbocycles. The molecule has 2 nitrogen and oxygen atoms in total. The second-order valence-corrected chi connectivity index (χ2v) is 16.1. The summed E-state index contributed by atoms with van der Waals surface area (Å²) in [4.78, 5) is 2.41. The molecule has 0 aliphatic heterocycles. The topological polar surface area (TPSA) is 8.17 Å². The van der Waals surface area contributed by atoms with Crippen molar-refractivity contribution in [3.63, 3.8) is 0 Å². The first-order valence-corrected chi connectivity index (χ1v) is 21.1. The molecule has 0 spiro atoms. The van der Waals surface area contributed by atoms with Crippen LogP contribution >= 0.6 is 0 Å². The Bertz CT molecular complexity index is 3380. The van der Waals surface area contributed by atoms with Gasteiger partial charge in [-0.05, 0) is 116 Å². The quantitative estimate of drug-likeness (QED) is 0.156. The number of anilines is 3. The van der Waals surface area contributed by atoms with Crippen LogP contribution in [0.25, 0.3) is 60.5 Å². The summed E-state index contributed by atoms with van der Waals surface area (Å²) in [7, 11) is 0. The van der Waals surface area contributed by atoms with Crippen molar-refractivity contribution in [1.82, 2.24) is 4.57 Å². The summed E-state index contributed by atoms with van der Waals surface area (Å²) < 4.78 is 2.43. The average Bonchev–Trinajstić information content (AvgIpc) is 3.83. The van der Waals surface area contributed by atoms with Crippen molar-refractivity contribution in [2.45, 2.75) is 5.41 Å². The number of rotatable bonds is 7. The Morgan fingerprint density at radius 2 is 0.934 bits per heavy atom. The van der Waals surface area contributed by atoms with Gasteiger partial charge >= 0.3 is 0 Å². The van der Waals surface area contributed by atoms with Crippen molar-refractivity contribution in [2.24, 2.45) is 0 Å². The van der Waals surface area contributed by atoms with Crippen LogP contribution in [0, 0.1) is 0 Å². The maximum atomic E-state index is 2.45. The fourth-order valence-electron chi connectivity index (χ4n) is 10.2. The van der Waals surface area contributed by atoms with Gasteiger partial charge in [0.05, 0.1) is 16.4 Å². The minimum Gasteiger partial charge on any atom is -0.310 e. The van der Waals surface area contributed by atoms with Crippen LogP contribution in [-0.4, -0.2) is 4.57 Å². The van der Waals surface area contributed by atoms with Gasteiger partial charge in [-0.3, -0.25) is 0 Å². The normalized spacial score (nSPS) is 12.7. The van der Waals surface area contributed by atoms with E-state index in [0.29, 0.717) is 0 Å². The Kier molecular flexibility index (Phi) is 8.11. The van der Waals surface area contributed by atoms with Crippen molar-refractivity contribution < 1.29 is 0 Å². The van der Waals surface area contributed by atoms with Crippen molar-refractivity contribution in [1.29, 1.82) is 0 Å². The van der Waals surface area contributed by atoms with Crippen molar-refractivity contribution in [3.05, 3.63) is 265 Å². The first-order chi connectivity index (χ1) is 30.3. The SMILES string of the molecule is c1ccc(N(c2cccc(-c3ccc4c5ccccc5n(-c5ccc6ccccc6c5)c4c3)c2)c2ccc3c(c2)C(c2ccccc2)(c2ccccc2)c2ccccc2-3)cc1. The summed E-state index contributed by atoms with van der Waals surface area (Å²) in [6.07, 6.45) is 0. The number of para-hydroxylation sites is 2. The smallest absolute Gasteiger partial charge is 0.0714 e. The minimum absolute atomic E-state index is 0.492. The zero-order chi connectivity index (χ0) is 40.3. The Balaban J connectivity index is 1.04. The molecule has 12 rings (SSSR count). The maximum Gasteiger partial charge on any atom is 0.0714 e. The Morgan fingerprint density at radius 3 is 1.74 bits per heavy atom. The first kappa shape index (κ1) is 35.0. The number of benzene rings is 10. The molecule has 11 aromatic rings. The molecule has 0 bridgehead atoms. The molecule has 2 heteroatoms. The van der Waals surface area contributed by atoms with Crippen LogP contribution in [-0.2, 0) is 5.41 Å². The lowest BCUT2D eigenvalue weighted by Crippen LogP contribution is -2.28. The van der Waals surface area contributed by atoms with Gasteiger partial charge in [-0.1, -0.05) is 182 Å². The van der Waals surface area contributed by atoms with E-state index in [1.807, 2.05) is 0 Å². The molecule has 286 valence electrons. The second kappa shape index (κ2) is 14.1. The number of hydrogen-bond acceptors (Lipinski definition) is 1. The molecule has 1 aliphatic rings. The molecule has 61 heavy (non-hydrogen) atoms. The lowest BCUT2D eigenvalue weighted by molar-refractivity contribution is 0.768. The molecule has 1 heterocycles. The Hall–Kier alpha value is -7.94. The van der Waals surface area contributed by atoms with Gasteiger partial charge in [0, 0.05) is 33.5 Å². The predicted molar refractivity (Wildman–Crippen MR) is 256 cm³/mol. The zero-order valence-corrected chi connectivity index (χ0v) is 33.5. The van der Waals surface area contributed by atoms with E-state index >= 15 is 0 Å². The molecular weight excluding hydrogens is 737 g/mol. The van der Waals surface area contributed by atoms with E-state index in [0.717, 1.165) is 28.3 Å². The number of hydrogen-bond donors (Lipinski definition) is 0. The molecule has 0 atom stereocenters. The first-order valence-electron chi connectivity index (χ1n) is 21.1. The third-order valence-corrected chi connectivity index (χ3v) is 12.8. The standard InChI is InChI=1S/C59H40N2/c1-4-20-45(21-5-1)59(46-22-6-2-7-23-46)55-29-14-12-27-51(55)52-36-34-50(40-56(52)59)60(47-24-8-3-9-25-47)48-26-16-19-43(38-48)44-32-35-54-53-28-13-15-30-57(53)61(58(54)39-44)49-33-31-41-17-10-11-18-42(41)37-49/h1-40H. The molecule has 0 radical (unpaired) electrons. The van der Waals surface area contributed by atoms with Crippen LogP contribution in [0.5, 0.6) is 0 Å². The summed E-state index contributed by atoms with van der Waals surface area (Å²) in [6, 6.07) is 89.1. The molecule has 1 aromatic heterocycles. The summed E-state index contributed by atoms with van der Waals surface area (Å²) >= 11 is 0. The Labute approximate surface area is 355 Å². The largest absolute Gasteiger partial charge is 0.310 e. The number of nitrogens with zero attached hydrogens (tertiary/aromatic N) is 2. The van der Waals surface area contributed by atoms with Crippen LogP contribution in [0.1, 0.15) is 22.3 Å². The average molecular weight is 777 g/mol. The third kappa shape index (κ3) is 5.50. The number of fused-ring (bicyclic) bond motifs is 7. The summed E-state index contributed by atoms with van der Waals surface area (Å²) in [5, 5.41) is 4.97. The van der Waals surface area contributed by atoms with Crippen LogP contribution in [0.15, 0.2) is 243 Å². The van der Waals surface area contributed by atoms with Crippen LogP contribution < -0.4 is 4.90 Å². The van der Waals surface area contributed by atoms with E-state index in [1.165, 1.54) is 71.5 Å². The van der Waals surface area contributed by atoms with E-state index in [2.05, 4.69) is 252 Å². The van der Waals surface area contributed by atoms with Gasteiger partial charge in [0.1, 0.15) is 0 Å². The van der Waals surface area contributed by atoms with E-state index in [-0.39, 0.29) is 0 Å². The molecule has 0 saturated carbocycles. The van der Waals surface area contributed by atoms with E-state index in [4.69, 9.17) is 0 Å². The molecule has 0 N–H and O–H groups in total. The summed E-state index contributed by atoms with van der Waals surface area (Å²) in [5.74, 6) is 0. The van der Waals surface area contributed by atoms with Crippen molar-refractivity contribution in [3.8, 4) is 27.9 Å². The van der Waals surface area contributed by atoms with E-state index in [9.17, 15) is 0 Å². The van der Waals surface area contributed by atoms with Gasteiger partial charge in [0.25, 0.3) is 0 Å². The van der Waals surface area contributed by atoms with Crippen LogP contribution in [0.3, 0.4) is 0 Å². The highest BCUT2D eigenvalue weighted by atomic mass is 15.1. The lowest BCUT2D eigenvalue weighted by Gasteiger charge is -2.35. The monoisotopic (exact) mass is 776 g/mol. The van der Waals surface area contributed by atoms with E-state index < -0.39 is 5.41 Å². The molecule has 0 unspecified atom stereocenters. The van der Waals surface area contributed by atoms with Crippen molar-refractivity contribution >= 4 is 49.6 Å². The van der Waals surface area contributed by atoms with Gasteiger partial charge in [0.15, 0.2) is 0 Å². The van der Waals surface area contributed by atoms with Crippen molar-refractivity contribution in [2.75, 3.05) is 4.90 Å². The minimum atomic E-state index is -0.492. The molecule has 10 aromatic carbocycles. The van der Waals surface area contributed by atoms with E-state index in [1.54, 1.807) is 0 Å². The molecule has 0 saturated heterocycles. The number of aromatic nitrogens is 1. The van der Waals surface area contributed by atoms with Crippen LogP contribution in [0.2, 0.25) is 0 Å². The molecule has 0 fully saturated rings. The van der Waals surface area contributed by atoms with Gasteiger partial charge in [-0.15, -0.1) is 0 Å². The molecular formula is C59H40N2. The summed E-state index contributed by atoms with van der Waals surface area (Å²) in [6.45, 7) is 0. The van der Waals surface area contributed by atoms with Gasteiger partial charge in [-0.2, -0.15) is 0 Å². The van der Waals surface area contributed by atoms with Gasteiger partial charge < -0.3 is 9.47 Å². The zero-order valence-electron chi connectivity index (χ0n) is 33.5. The van der Waals surface area contributed by atoms with Gasteiger partial charge in [0.2, 0.25) is 0 Å². The van der Waals surface area contributed by atoms with Gasteiger partial charge in [-0.25, -0.2) is 0 Å². The third-order valence-electron chi connectivity index (χ3n) is 12.8. The maximum absolute atomic E-state index is 2.45. The molecule has 0 amide bonds. The highest BCUT2D eigenvalue weighted by Gasteiger charge is 2.46. The fraction of sp³-hybridized carbons (Fsp3) is 0.0169. The Morgan fingerprint density at radius 1 is 0.328 bits per heavy atom. The highest BCUT2D eigenvalue weighted by Crippen LogP contribution is 2.57.